The Bertz CT molecular complexity index is 1320. The third kappa shape index (κ3) is 2.77. The monoisotopic (exact) mass is 529 g/mol. The van der Waals surface area contributed by atoms with E-state index in [1.807, 2.05) is 37.3 Å². The molecule has 3 heterocycles. The smallest absolute Gasteiger partial charge is 0.0956 e. The summed E-state index contributed by atoms with van der Waals surface area (Å²) in [4.78, 5) is 9.58. The Labute approximate surface area is 171 Å². The summed E-state index contributed by atoms with van der Waals surface area (Å²) in [7, 11) is 0. The van der Waals surface area contributed by atoms with Crippen LogP contribution in [-0.2, 0) is 20.1 Å². The second-order valence-corrected chi connectivity index (χ2v) is 6.92. The molecule has 0 aliphatic rings. The fourth-order valence-corrected chi connectivity index (χ4v) is 3.87. The third-order valence-electron chi connectivity index (χ3n) is 4.91. The Kier molecular flexibility index (Phi) is 4.33. The van der Waals surface area contributed by atoms with Crippen molar-refractivity contribution in [2.45, 2.75) is 20.8 Å². The average Bonchev–Trinajstić information content (AvgIpc) is 3.07. The maximum absolute atomic E-state index is 4.94. The normalized spacial score (nSPS) is 11.2. The van der Waals surface area contributed by atoms with Crippen LogP contribution in [0, 0.1) is 26.8 Å². The molecule has 5 aromatic rings. The van der Waals surface area contributed by atoms with Crippen LogP contribution in [0.3, 0.4) is 0 Å². The molecule has 27 heavy (non-hydrogen) atoms. The molecule has 0 saturated carbocycles. The molecular formula is C23H18IrN3-. The molecule has 3 aromatic heterocycles. The summed E-state index contributed by atoms with van der Waals surface area (Å²) in [6, 6.07) is 20.1. The second kappa shape index (κ2) is 6.56. The topological polar surface area (TPSA) is 30.2 Å². The van der Waals surface area contributed by atoms with E-state index in [2.05, 4.69) is 53.7 Å². The predicted octanol–water partition coefficient (Wildman–Crippen LogP) is 5.43. The standard InChI is InChI=1S/C23H18N3.Ir/c1-14-11-15(2)22-19(12-14)17-8-4-5-9-18(17)23-25-21(13-26(22)23)20-10-6-7-16(3)24-20;/h4-8,10-13H,1-3H3;/q-1;. The predicted molar refractivity (Wildman–Crippen MR) is 106 cm³/mol. The van der Waals surface area contributed by atoms with Gasteiger partial charge in [0.1, 0.15) is 0 Å². The van der Waals surface area contributed by atoms with Crippen molar-refractivity contribution in [1.82, 2.24) is 14.4 Å². The first kappa shape index (κ1) is 17.8. The van der Waals surface area contributed by atoms with Gasteiger partial charge in [-0.25, -0.2) is 0 Å². The first-order chi connectivity index (χ1) is 12.6. The Morgan fingerprint density at radius 1 is 0.889 bits per heavy atom. The molecule has 0 N–H and O–H groups in total. The number of imidazole rings is 1. The van der Waals surface area contributed by atoms with Gasteiger partial charge in [0, 0.05) is 37.5 Å². The fraction of sp³-hybridized carbons (Fsp3) is 0.130. The van der Waals surface area contributed by atoms with E-state index in [1.165, 1.54) is 27.4 Å². The van der Waals surface area contributed by atoms with Crippen LogP contribution in [0.25, 0.3) is 38.7 Å². The molecule has 0 amide bonds. The van der Waals surface area contributed by atoms with Gasteiger partial charge in [-0.2, -0.15) is 0 Å². The van der Waals surface area contributed by atoms with Gasteiger partial charge in [0.25, 0.3) is 0 Å². The molecule has 1 radical (unpaired) electrons. The van der Waals surface area contributed by atoms with E-state index < -0.39 is 0 Å². The van der Waals surface area contributed by atoms with E-state index in [1.54, 1.807) is 0 Å². The Morgan fingerprint density at radius 2 is 1.74 bits per heavy atom. The van der Waals surface area contributed by atoms with E-state index in [9.17, 15) is 0 Å². The van der Waals surface area contributed by atoms with Crippen LogP contribution in [0.15, 0.2) is 54.7 Å². The molecule has 2 aromatic carbocycles. The third-order valence-corrected chi connectivity index (χ3v) is 4.91. The van der Waals surface area contributed by atoms with E-state index in [-0.39, 0.29) is 20.1 Å². The Balaban J connectivity index is 0.00000180. The largest absolute Gasteiger partial charge is 0.339 e. The van der Waals surface area contributed by atoms with E-state index in [0.29, 0.717) is 0 Å². The summed E-state index contributed by atoms with van der Waals surface area (Å²) in [5, 5.41) is 3.48. The summed E-state index contributed by atoms with van der Waals surface area (Å²) in [5.74, 6) is 0. The maximum Gasteiger partial charge on any atom is 0.0956 e. The van der Waals surface area contributed by atoms with Crippen molar-refractivity contribution in [3.8, 4) is 11.4 Å². The summed E-state index contributed by atoms with van der Waals surface area (Å²) in [6.07, 6.45) is 2.10. The van der Waals surface area contributed by atoms with Crippen LogP contribution >= 0.6 is 0 Å². The number of pyridine rings is 2. The second-order valence-electron chi connectivity index (χ2n) is 6.92. The van der Waals surface area contributed by atoms with Crippen LogP contribution in [0.1, 0.15) is 16.8 Å². The van der Waals surface area contributed by atoms with Gasteiger partial charge in [-0.05, 0) is 43.9 Å². The summed E-state index contributed by atoms with van der Waals surface area (Å²) < 4.78 is 2.20. The van der Waals surface area contributed by atoms with Crippen LogP contribution in [0.2, 0.25) is 0 Å². The minimum absolute atomic E-state index is 0. The molecule has 0 unspecified atom stereocenters. The molecular weight excluding hydrogens is 510 g/mol. The van der Waals surface area contributed by atoms with Gasteiger partial charge < -0.3 is 4.40 Å². The van der Waals surface area contributed by atoms with Gasteiger partial charge in [-0.1, -0.05) is 29.1 Å². The van der Waals surface area contributed by atoms with Crippen molar-refractivity contribution in [3.63, 3.8) is 0 Å². The molecule has 135 valence electrons. The van der Waals surface area contributed by atoms with Crippen molar-refractivity contribution in [2.75, 3.05) is 0 Å². The molecule has 0 aliphatic carbocycles. The van der Waals surface area contributed by atoms with Crippen molar-refractivity contribution in [1.29, 1.82) is 0 Å². The molecule has 0 atom stereocenters. The van der Waals surface area contributed by atoms with Crippen LogP contribution < -0.4 is 0 Å². The number of hydrogen-bond acceptors (Lipinski definition) is 2. The number of aromatic nitrogens is 3. The first-order valence-corrected chi connectivity index (χ1v) is 8.78. The number of nitrogens with zero attached hydrogens (tertiary/aromatic N) is 3. The van der Waals surface area contributed by atoms with Crippen molar-refractivity contribution in [3.05, 3.63) is 77.6 Å². The zero-order valence-electron chi connectivity index (χ0n) is 15.4. The van der Waals surface area contributed by atoms with Gasteiger partial charge in [0.05, 0.1) is 17.0 Å². The number of hydrogen-bond donors (Lipinski definition) is 0. The molecule has 3 nitrogen and oxygen atoms in total. The van der Waals surface area contributed by atoms with Gasteiger partial charge in [-0.15, -0.1) is 29.7 Å². The van der Waals surface area contributed by atoms with Crippen LogP contribution in [-0.4, -0.2) is 14.4 Å². The average molecular weight is 529 g/mol. The van der Waals surface area contributed by atoms with Crippen LogP contribution in [0.5, 0.6) is 0 Å². The minimum atomic E-state index is 0. The quantitative estimate of drug-likeness (QED) is 0.215. The number of fused-ring (bicyclic) bond motifs is 6. The van der Waals surface area contributed by atoms with Gasteiger partial charge in [0.15, 0.2) is 0 Å². The molecule has 0 bridgehead atoms. The van der Waals surface area contributed by atoms with Crippen molar-refractivity contribution in [2.24, 2.45) is 0 Å². The van der Waals surface area contributed by atoms with Gasteiger partial charge in [-0.3, -0.25) is 9.97 Å². The molecule has 4 heteroatoms. The van der Waals surface area contributed by atoms with Crippen molar-refractivity contribution < 1.29 is 20.1 Å². The zero-order chi connectivity index (χ0) is 17.8. The Morgan fingerprint density at radius 3 is 2.56 bits per heavy atom. The van der Waals surface area contributed by atoms with Crippen molar-refractivity contribution >= 4 is 27.3 Å². The molecule has 0 aliphatic heterocycles. The van der Waals surface area contributed by atoms with E-state index in [0.717, 1.165) is 28.1 Å². The molecule has 5 rings (SSSR count). The fourth-order valence-electron chi connectivity index (χ4n) is 3.87. The summed E-state index contributed by atoms with van der Waals surface area (Å²) in [6.45, 7) is 6.31. The van der Waals surface area contributed by atoms with Gasteiger partial charge in [0.2, 0.25) is 0 Å². The summed E-state index contributed by atoms with van der Waals surface area (Å²) in [5.41, 5.74) is 7.42. The van der Waals surface area contributed by atoms with Crippen LogP contribution in [0.4, 0.5) is 0 Å². The number of aryl methyl sites for hydroxylation is 3. The zero-order valence-corrected chi connectivity index (χ0v) is 17.8. The number of benzene rings is 2. The summed E-state index contributed by atoms with van der Waals surface area (Å²) >= 11 is 0. The molecule has 0 saturated heterocycles. The van der Waals surface area contributed by atoms with E-state index >= 15 is 0 Å². The molecule has 0 fully saturated rings. The van der Waals surface area contributed by atoms with E-state index in [4.69, 9.17) is 4.98 Å². The maximum atomic E-state index is 4.94. The first-order valence-electron chi connectivity index (χ1n) is 8.78. The minimum Gasteiger partial charge on any atom is -0.339 e. The molecule has 0 spiro atoms. The van der Waals surface area contributed by atoms with Gasteiger partial charge >= 0.3 is 0 Å². The Hall–Kier alpha value is -2.55. The SMILES string of the molecule is Cc1cc(C)c2c(c1)c1ccc[c-]c1c1nc(-c3cccc(C)n3)cn12.[Ir]. The number of rotatable bonds is 1.